The number of H-pyrrole nitrogens is 12. The van der Waals surface area contributed by atoms with Crippen molar-refractivity contribution in [1.82, 2.24) is 59.8 Å². The van der Waals surface area contributed by atoms with Crippen LogP contribution in [0.1, 0.15) is 134 Å². The number of aryl methyl sites for hydroxylation is 3. The van der Waals surface area contributed by atoms with Gasteiger partial charge < -0.3 is 69.1 Å². The molecule has 13 aromatic rings. The van der Waals surface area contributed by atoms with Crippen molar-refractivity contribution in [1.29, 1.82) is 21.0 Å². The minimum absolute atomic E-state index is 0.00921. The van der Waals surface area contributed by atoms with Crippen LogP contribution in [0.2, 0.25) is 0 Å². The number of carboxylic acid groups (broad SMARTS) is 2. The first-order chi connectivity index (χ1) is 63.5. The van der Waals surface area contributed by atoms with Crippen molar-refractivity contribution in [3.05, 3.63) is 357 Å². The van der Waals surface area contributed by atoms with E-state index < -0.39 is 70.1 Å². The standard InChI is InChI=1S/C19H13N3O4S.C16H15N3O2S.C15H15N3O2S.C15H13N3OS.C14H14N2O4.C13H11N3O5S/c20-9-15-17(21-19(27)22-18(15)25)13-5-1-3-11(7-13)12-4-2-6-14(8-12)26-10-16(23)24;1-2-21-13-6-4-3-5-9(13)10-7-11(10)14-12(8-17)15(20)19-16(22)18-14;1-2-20-13-6-4-3-5-10(13)7-8-12-11(9-16)14(19)18-15(21)17-12;1-2-10-4-3-5-11(8-10)6-7-13-12(9-16)14(19)18-15(20)17-13;1-2-20-12-6-4-3-5-9(12)7-11(17)10-8-13(18)16-14(19)15-10;17-10-5-9(15-13(22)16-10)14-12(20)7-3-1-2-4-8(7)21-6-11(18)19/h1-8H,10H2,(H,23,24)(H2,21,22,25,27);3-6,10-11H,2,7H2,1H3,(H2,18,19,20,22);3-6H,2,7-8H2,1H3,(H2,17,18,19,21);3-8H,2H2,1H3,(H2,17,18,19,20);3-6,8H,2,7H2,1H3,(H2,15,16,18,19);1-5H,6H2,(H,18,19)(H3,14,15,16,17,20,22)/b;;;7-6+;;. The van der Waals surface area contributed by atoms with Gasteiger partial charge in [0.25, 0.3) is 39.3 Å². The fourth-order valence-electron chi connectivity index (χ4n) is 12.8. The van der Waals surface area contributed by atoms with E-state index in [1.807, 2.05) is 135 Å². The van der Waals surface area contributed by atoms with E-state index in [0.717, 1.165) is 64.3 Å². The van der Waals surface area contributed by atoms with Crippen molar-refractivity contribution in [2.45, 2.75) is 71.6 Å². The van der Waals surface area contributed by atoms with Crippen molar-refractivity contribution in [2.24, 2.45) is 0 Å². The zero-order chi connectivity index (χ0) is 95.5. The Balaban J connectivity index is 0.000000179. The van der Waals surface area contributed by atoms with Crippen LogP contribution in [0.3, 0.4) is 0 Å². The SMILES string of the molecule is CCOc1ccccc1C1CC1c1[nH]c(=S)[nH]c(=O)c1C#N.CCOc1ccccc1CC(=O)c1cc(=O)[nH]c(=O)[nH]1.CCOc1ccccc1CCc1[nH]c(=S)[nH]c(=O)c1C#N.CCc1cccc(/C=C/c2[nH]c(=S)[nH]c(=O)c2C#N)c1.N#Cc1c(-c2cccc(-c3cccc(OCC(=O)O)c3)c2)[nH]c(=S)[nH]c1=O.O=C(O)COc1ccccc1C(=O)Nc1cc(=O)[nH]c(=S)[nH]1. The van der Waals surface area contributed by atoms with Crippen LogP contribution in [0.4, 0.5) is 5.82 Å². The number of carbonyl (C=O) groups excluding carboxylic acids is 2. The number of aromatic amines is 12. The van der Waals surface area contributed by atoms with Crippen LogP contribution in [0.15, 0.2) is 216 Å². The lowest BCUT2D eigenvalue weighted by atomic mass is 10.00. The molecule has 6 aromatic heterocycles. The van der Waals surface area contributed by atoms with Gasteiger partial charge in [-0.1, -0.05) is 134 Å². The monoisotopic (exact) mass is 1870 g/mol. The second kappa shape index (κ2) is 49.0. The minimum Gasteiger partial charge on any atom is -0.494 e. The molecule has 2 unspecified atom stereocenters. The number of nitriles is 4. The normalized spacial score (nSPS) is 11.8. The molecule has 0 saturated heterocycles. The van der Waals surface area contributed by atoms with Gasteiger partial charge in [0.2, 0.25) is 0 Å². The van der Waals surface area contributed by atoms with Crippen molar-refractivity contribution in [3.8, 4) is 75.4 Å². The molecule has 14 rings (SSSR count). The van der Waals surface area contributed by atoms with Crippen molar-refractivity contribution >= 4 is 103 Å². The summed E-state index contributed by atoms with van der Waals surface area (Å²) in [5.41, 5.74) is 5.88. The largest absolute Gasteiger partial charge is 0.494 e. The third-order valence-corrected chi connectivity index (χ3v) is 19.7. The van der Waals surface area contributed by atoms with Crippen molar-refractivity contribution < 1.29 is 53.1 Å². The van der Waals surface area contributed by atoms with E-state index in [1.165, 1.54) is 17.7 Å². The molecule has 1 aliphatic rings. The average molecular weight is 1870 g/mol. The Labute approximate surface area is 773 Å². The molecule has 7 aromatic carbocycles. The van der Waals surface area contributed by atoms with Crippen LogP contribution in [0.25, 0.3) is 34.5 Å². The second-order valence-electron chi connectivity index (χ2n) is 27.7. The number of nitrogens with zero attached hydrogens (tertiary/aromatic N) is 4. The average Bonchev–Trinajstić information content (AvgIpc) is 1.60. The number of carboxylic acids is 2. The summed E-state index contributed by atoms with van der Waals surface area (Å²) in [5, 5.41) is 56.4. The van der Waals surface area contributed by atoms with E-state index in [-0.39, 0.29) is 93.0 Å². The summed E-state index contributed by atoms with van der Waals surface area (Å²) in [6.07, 6.45) is 6.58. The number of Topliss-reactive ketones (excluding diaryl/α,β-unsaturated/α-hetero) is 1. The smallest absolute Gasteiger partial charge is 0.341 e. The van der Waals surface area contributed by atoms with Gasteiger partial charge in [0.1, 0.15) is 81.1 Å². The summed E-state index contributed by atoms with van der Waals surface area (Å²) in [4.78, 5) is 157. The van der Waals surface area contributed by atoms with Gasteiger partial charge in [0.15, 0.2) is 42.9 Å². The topological polar surface area (TPSA) is 571 Å². The number of benzene rings is 7. The molecule has 15 N–H and O–H groups in total. The fraction of sp³-hybridized carbons (Fsp3) is 0.174. The summed E-state index contributed by atoms with van der Waals surface area (Å²) in [6, 6.07) is 61.0. The summed E-state index contributed by atoms with van der Waals surface area (Å²) in [6.45, 7) is 8.50. The predicted molar refractivity (Wildman–Crippen MR) is 502 cm³/mol. The number of rotatable bonds is 27. The number of anilines is 1. The van der Waals surface area contributed by atoms with Gasteiger partial charge in [-0.25, -0.2) is 14.4 Å². The first-order valence-corrected chi connectivity index (χ1v) is 42.0. The van der Waals surface area contributed by atoms with Gasteiger partial charge >= 0.3 is 17.6 Å². The molecule has 2 atom stereocenters. The zero-order valence-electron chi connectivity index (χ0n) is 70.5. The van der Waals surface area contributed by atoms with Gasteiger partial charge in [-0.05, 0) is 201 Å². The molecule has 672 valence electrons. The van der Waals surface area contributed by atoms with E-state index in [1.54, 1.807) is 72.8 Å². The second-order valence-corrected chi connectivity index (χ2v) is 29.8. The Hall–Kier alpha value is -16.5. The number of ether oxygens (including phenoxy) is 5. The summed E-state index contributed by atoms with van der Waals surface area (Å²) >= 11 is 24.7. The van der Waals surface area contributed by atoms with Crippen LogP contribution < -0.4 is 68.0 Å². The molecule has 1 amide bonds. The summed E-state index contributed by atoms with van der Waals surface area (Å²) < 4.78 is 27.8. The number of carbonyl (C=O) groups is 4. The third kappa shape index (κ3) is 29.0. The molecule has 0 radical (unpaired) electrons. The van der Waals surface area contributed by atoms with Crippen molar-refractivity contribution in [2.75, 3.05) is 38.4 Å². The molecule has 6 heterocycles. The third-order valence-electron chi connectivity index (χ3n) is 18.7. The Bertz CT molecular complexity index is 7380. The molecule has 0 aliphatic heterocycles. The molecule has 40 heteroatoms. The minimum atomic E-state index is -1.16. The number of nitrogens with one attached hydrogen (secondary N) is 13. The lowest BCUT2D eigenvalue weighted by molar-refractivity contribution is -0.140. The predicted octanol–water partition coefficient (Wildman–Crippen LogP) is 13.6. The highest BCUT2D eigenvalue weighted by atomic mass is 32.1. The molecule has 1 fully saturated rings. The number of aromatic nitrogens is 12. The van der Waals surface area contributed by atoms with Crippen LogP contribution in [-0.4, -0.2) is 127 Å². The molecule has 0 bridgehead atoms. The van der Waals surface area contributed by atoms with Gasteiger partial charge in [-0.15, -0.1) is 0 Å². The highest BCUT2D eigenvalue weighted by Gasteiger charge is 2.43. The number of para-hydroxylation sites is 4. The lowest BCUT2D eigenvalue weighted by Crippen LogP contribution is -2.25. The zero-order valence-corrected chi connectivity index (χ0v) is 74.5. The lowest BCUT2D eigenvalue weighted by Gasteiger charge is -2.10. The molecular weight excluding hydrogens is 1790 g/mol. The Morgan fingerprint density at radius 3 is 1.61 bits per heavy atom. The molecule has 35 nitrogen and oxygen atoms in total. The van der Waals surface area contributed by atoms with Crippen LogP contribution in [0.5, 0.6) is 28.7 Å². The number of hydrogen-bond acceptors (Lipinski definition) is 25. The van der Waals surface area contributed by atoms with Gasteiger partial charge in [-0.3, -0.25) is 68.3 Å². The quantitative estimate of drug-likeness (QED) is 0.0168. The Morgan fingerprint density at radius 2 is 0.970 bits per heavy atom. The van der Waals surface area contributed by atoms with Crippen molar-refractivity contribution in [3.63, 3.8) is 0 Å². The number of amides is 1. The molecule has 132 heavy (non-hydrogen) atoms. The highest BCUT2D eigenvalue weighted by molar-refractivity contribution is 7.72. The van der Waals surface area contributed by atoms with Gasteiger partial charge in [-0.2, -0.15) is 21.0 Å². The van der Waals surface area contributed by atoms with E-state index in [4.69, 9.17) is 106 Å². The maximum Gasteiger partial charge on any atom is 0.341 e. The first-order valence-electron chi connectivity index (χ1n) is 39.9. The maximum atomic E-state index is 12.2. The first kappa shape index (κ1) is 99.3. The summed E-state index contributed by atoms with van der Waals surface area (Å²) in [5.74, 6) is 0.160. The molecular formula is C92H81N17O18S5. The van der Waals surface area contributed by atoms with Crippen LogP contribution >= 0.6 is 61.1 Å². The van der Waals surface area contributed by atoms with Gasteiger partial charge in [0.05, 0.1) is 42.5 Å². The number of hydrogen-bond donors (Lipinski definition) is 15. The maximum absolute atomic E-state index is 12.2. The molecule has 0 spiro atoms. The van der Waals surface area contributed by atoms with E-state index in [2.05, 4.69) is 79.2 Å². The number of aliphatic carboxylic acids is 2. The van der Waals surface area contributed by atoms with Gasteiger partial charge in [0, 0.05) is 47.0 Å². The molecule has 1 aliphatic carbocycles. The van der Waals surface area contributed by atoms with E-state index >= 15 is 0 Å². The van der Waals surface area contributed by atoms with E-state index in [9.17, 15) is 63.3 Å². The number of ketones is 1. The Morgan fingerprint density at radius 1 is 0.447 bits per heavy atom. The highest BCUT2D eigenvalue weighted by Crippen LogP contribution is 2.56. The van der Waals surface area contributed by atoms with Crippen LogP contribution in [-0.2, 0) is 35.3 Å². The van der Waals surface area contributed by atoms with E-state index in [0.29, 0.717) is 78.1 Å². The Kier molecular flexibility index (Phi) is 36.9. The van der Waals surface area contributed by atoms with Crippen LogP contribution in [0, 0.1) is 69.2 Å². The molecule has 1 saturated carbocycles. The summed E-state index contributed by atoms with van der Waals surface area (Å²) in [7, 11) is 0. The fourth-order valence-corrected chi connectivity index (χ4v) is 13.8.